The van der Waals surface area contributed by atoms with E-state index in [0.717, 1.165) is 6.42 Å². The average Bonchev–Trinajstić information content (AvgIpc) is 2.73. The van der Waals surface area contributed by atoms with Crippen LogP contribution in [0.25, 0.3) is 0 Å². The van der Waals surface area contributed by atoms with Crippen LogP contribution in [0.5, 0.6) is 0 Å². The summed E-state index contributed by atoms with van der Waals surface area (Å²) in [4.78, 5) is 0. The molecule has 2 atom stereocenters. The van der Waals surface area contributed by atoms with Gasteiger partial charge in [-0.1, -0.05) is 29.3 Å². The lowest BCUT2D eigenvalue weighted by Gasteiger charge is -2.00. The standard InChI is InChI=1S/C9H9Cl2N.ClH/c10-7-2-1-5(3-8(7)11)6-4-9(6)12;/h1-3,6,9H,4,12H2;1H. The summed E-state index contributed by atoms with van der Waals surface area (Å²) in [5, 5.41) is 1.22. The zero-order valence-corrected chi connectivity index (χ0v) is 9.16. The monoisotopic (exact) mass is 237 g/mol. The molecule has 0 heterocycles. The second kappa shape index (κ2) is 4.05. The van der Waals surface area contributed by atoms with E-state index in [1.807, 2.05) is 18.2 Å². The third-order valence-electron chi connectivity index (χ3n) is 2.21. The maximum absolute atomic E-state index is 5.86. The normalized spacial score (nSPS) is 25.2. The Morgan fingerprint density at radius 1 is 1.23 bits per heavy atom. The number of halogens is 3. The highest BCUT2D eigenvalue weighted by molar-refractivity contribution is 6.42. The maximum Gasteiger partial charge on any atom is 0.0595 e. The Kier molecular flexibility index (Phi) is 3.47. The van der Waals surface area contributed by atoms with Gasteiger partial charge in [-0.25, -0.2) is 0 Å². The Hall–Kier alpha value is 0.0500. The van der Waals surface area contributed by atoms with E-state index in [9.17, 15) is 0 Å². The minimum absolute atomic E-state index is 0. The molecule has 1 aromatic carbocycles. The van der Waals surface area contributed by atoms with Gasteiger partial charge in [0.25, 0.3) is 0 Å². The van der Waals surface area contributed by atoms with Crippen molar-refractivity contribution in [3.8, 4) is 0 Å². The predicted octanol–water partition coefficient (Wildman–Crippen LogP) is 3.23. The van der Waals surface area contributed by atoms with Crippen LogP contribution in [0.1, 0.15) is 17.9 Å². The van der Waals surface area contributed by atoms with Crippen molar-refractivity contribution in [1.82, 2.24) is 0 Å². The lowest BCUT2D eigenvalue weighted by atomic mass is 10.1. The van der Waals surface area contributed by atoms with Crippen molar-refractivity contribution in [3.63, 3.8) is 0 Å². The minimum Gasteiger partial charge on any atom is -0.327 e. The fourth-order valence-corrected chi connectivity index (χ4v) is 1.65. The van der Waals surface area contributed by atoms with Gasteiger partial charge in [0.2, 0.25) is 0 Å². The smallest absolute Gasteiger partial charge is 0.0595 e. The van der Waals surface area contributed by atoms with Gasteiger partial charge in [0, 0.05) is 12.0 Å². The van der Waals surface area contributed by atoms with Crippen molar-refractivity contribution >= 4 is 35.6 Å². The summed E-state index contributed by atoms with van der Waals surface area (Å²) >= 11 is 11.6. The van der Waals surface area contributed by atoms with Gasteiger partial charge in [0.05, 0.1) is 10.0 Å². The molecule has 1 saturated carbocycles. The van der Waals surface area contributed by atoms with Crippen LogP contribution in [-0.2, 0) is 0 Å². The molecule has 1 aromatic rings. The van der Waals surface area contributed by atoms with Crippen molar-refractivity contribution in [2.75, 3.05) is 0 Å². The second-order valence-corrected chi connectivity index (χ2v) is 3.99. The highest BCUT2D eigenvalue weighted by Crippen LogP contribution is 2.40. The van der Waals surface area contributed by atoms with E-state index in [4.69, 9.17) is 28.9 Å². The molecule has 2 N–H and O–H groups in total. The van der Waals surface area contributed by atoms with Crippen LogP contribution in [0.15, 0.2) is 18.2 Å². The predicted molar refractivity (Wildman–Crippen MR) is 59.0 cm³/mol. The first kappa shape index (κ1) is 11.1. The molecule has 0 bridgehead atoms. The zero-order chi connectivity index (χ0) is 8.72. The van der Waals surface area contributed by atoms with Crippen LogP contribution >= 0.6 is 35.6 Å². The summed E-state index contributed by atoms with van der Waals surface area (Å²) in [7, 11) is 0. The topological polar surface area (TPSA) is 26.0 Å². The highest BCUT2D eigenvalue weighted by Gasteiger charge is 2.34. The first-order valence-corrected chi connectivity index (χ1v) is 4.64. The van der Waals surface area contributed by atoms with Crippen LogP contribution in [0, 0.1) is 0 Å². The molecule has 1 nitrogen and oxygen atoms in total. The van der Waals surface area contributed by atoms with E-state index in [0.29, 0.717) is 22.0 Å². The van der Waals surface area contributed by atoms with Crippen LogP contribution in [-0.4, -0.2) is 6.04 Å². The molecular formula is C9H10Cl3N. The summed E-state index contributed by atoms with van der Waals surface area (Å²) in [5.41, 5.74) is 6.92. The molecular weight excluding hydrogens is 228 g/mol. The Bertz CT molecular complexity index is 314. The average molecular weight is 239 g/mol. The summed E-state index contributed by atoms with van der Waals surface area (Å²) in [5.74, 6) is 0.500. The van der Waals surface area contributed by atoms with Gasteiger partial charge in [-0.3, -0.25) is 0 Å². The summed E-state index contributed by atoms with van der Waals surface area (Å²) in [6, 6.07) is 6.04. The van der Waals surface area contributed by atoms with Crippen molar-refractivity contribution in [1.29, 1.82) is 0 Å². The number of benzene rings is 1. The largest absolute Gasteiger partial charge is 0.327 e. The van der Waals surface area contributed by atoms with E-state index in [1.165, 1.54) is 5.56 Å². The Balaban J connectivity index is 0.000000845. The Morgan fingerprint density at radius 2 is 1.85 bits per heavy atom. The number of rotatable bonds is 1. The van der Waals surface area contributed by atoms with E-state index < -0.39 is 0 Å². The summed E-state index contributed by atoms with van der Waals surface area (Å²) in [6.45, 7) is 0. The Labute approximate surface area is 93.6 Å². The fourth-order valence-electron chi connectivity index (χ4n) is 1.34. The summed E-state index contributed by atoms with van der Waals surface area (Å²) in [6.07, 6.45) is 1.07. The van der Waals surface area contributed by atoms with Gasteiger partial charge in [-0.2, -0.15) is 0 Å². The number of hydrogen-bond donors (Lipinski definition) is 1. The number of hydrogen-bond acceptors (Lipinski definition) is 1. The van der Waals surface area contributed by atoms with E-state index in [-0.39, 0.29) is 12.4 Å². The fraction of sp³-hybridized carbons (Fsp3) is 0.333. The van der Waals surface area contributed by atoms with Crippen molar-refractivity contribution < 1.29 is 0 Å². The van der Waals surface area contributed by atoms with Gasteiger partial charge in [-0.15, -0.1) is 12.4 Å². The minimum atomic E-state index is 0. The van der Waals surface area contributed by atoms with Crippen molar-refractivity contribution in [2.45, 2.75) is 18.4 Å². The molecule has 0 spiro atoms. The van der Waals surface area contributed by atoms with Gasteiger partial charge in [-0.05, 0) is 24.1 Å². The van der Waals surface area contributed by atoms with E-state index in [1.54, 1.807) is 0 Å². The molecule has 2 rings (SSSR count). The maximum atomic E-state index is 5.86. The molecule has 0 amide bonds. The van der Waals surface area contributed by atoms with Gasteiger partial charge >= 0.3 is 0 Å². The molecule has 13 heavy (non-hydrogen) atoms. The van der Waals surface area contributed by atoms with Crippen LogP contribution < -0.4 is 5.73 Å². The molecule has 4 heteroatoms. The van der Waals surface area contributed by atoms with Crippen LogP contribution in [0.2, 0.25) is 10.0 Å². The molecule has 0 aromatic heterocycles. The molecule has 1 aliphatic rings. The molecule has 1 aliphatic carbocycles. The Morgan fingerprint density at radius 3 is 2.31 bits per heavy atom. The third kappa shape index (κ3) is 2.29. The zero-order valence-electron chi connectivity index (χ0n) is 6.84. The second-order valence-electron chi connectivity index (χ2n) is 3.18. The molecule has 0 aliphatic heterocycles. The molecule has 72 valence electrons. The van der Waals surface area contributed by atoms with Gasteiger partial charge in [0.1, 0.15) is 0 Å². The molecule has 0 radical (unpaired) electrons. The molecule has 1 fully saturated rings. The van der Waals surface area contributed by atoms with Gasteiger partial charge in [0.15, 0.2) is 0 Å². The van der Waals surface area contributed by atoms with Gasteiger partial charge < -0.3 is 5.73 Å². The first-order chi connectivity index (χ1) is 5.68. The third-order valence-corrected chi connectivity index (χ3v) is 2.95. The van der Waals surface area contributed by atoms with Crippen molar-refractivity contribution in [2.24, 2.45) is 5.73 Å². The lowest BCUT2D eigenvalue weighted by molar-refractivity contribution is 0.991. The summed E-state index contributed by atoms with van der Waals surface area (Å²) < 4.78 is 0. The first-order valence-electron chi connectivity index (χ1n) is 3.89. The quantitative estimate of drug-likeness (QED) is 0.799. The lowest BCUT2D eigenvalue weighted by Crippen LogP contribution is -2.00. The van der Waals surface area contributed by atoms with E-state index in [2.05, 4.69) is 0 Å². The molecule has 0 saturated heterocycles. The number of nitrogens with two attached hydrogens (primary N) is 1. The highest BCUT2D eigenvalue weighted by atomic mass is 35.5. The SMILES string of the molecule is Cl.NC1CC1c1ccc(Cl)c(Cl)c1. The van der Waals surface area contributed by atoms with Crippen LogP contribution in [0.3, 0.4) is 0 Å². The molecule has 2 unspecified atom stereocenters. The van der Waals surface area contributed by atoms with Crippen molar-refractivity contribution in [3.05, 3.63) is 33.8 Å². The van der Waals surface area contributed by atoms with E-state index >= 15 is 0 Å². The van der Waals surface area contributed by atoms with Crippen LogP contribution in [0.4, 0.5) is 0 Å².